The average molecular weight is 248 g/mol. The van der Waals surface area contributed by atoms with E-state index in [0.717, 1.165) is 10.0 Å². The van der Waals surface area contributed by atoms with Gasteiger partial charge < -0.3 is 0 Å². The summed E-state index contributed by atoms with van der Waals surface area (Å²) in [5.41, 5.74) is 1.66. The second-order valence-corrected chi connectivity index (χ2v) is 3.70. The van der Waals surface area contributed by atoms with Crippen molar-refractivity contribution in [3.05, 3.63) is 33.8 Å². The fourth-order valence-corrected chi connectivity index (χ4v) is 1.47. The Hall–Kier alpha value is -0.340. The van der Waals surface area contributed by atoms with Crippen molar-refractivity contribution in [3.63, 3.8) is 0 Å². The molecule has 3 heteroatoms. The van der Waals surface area contributed by atoms with Crippen molar-refractivity contribution in [2.24, 2.45) is 0 Å². The standard InChI is InChI=1S/C9H8BrClO/c1-6-2-3-7(10)4-8(6)9(12)5-11/h2-4H,5H2,1H3. The zero-order chi connectivity index (χ0) is 9.14. The molecule has 12 heavy (non-hydrogen) atoms. The molecule has 0 aromatic heterocycles. The smallest absolute Gasteiger partial charge is 0.177 e. The molecule has 0 spiro atoms. The third-order valence-electron chi connectivity index (χ3n) is 1.62. The Morgan fingerprint density at radius 1 is 1.58 bits per heavy atom. The monoisotopic (exact) mass is 246 g/mol. The number of hydrogen-bond acceptors (Lipinski definition) is 1. The third kappa shape index (κ3) is 2.08. The molecule has 0 heterocycles. The van der Waals surface area contributed by atoms with Gasteiger partial charge in [-0.05, 0) is 24.6 Å². The van der Waals surface area contributed by atoms with Crippen molar-refractivity contribution in [2.75, 3.05) is 5.88 Å². The van der Waals surface area contributed by atoms with E-state index >= 15 is 0 Å². The van der Waals surface area contributed by atoms with E-state index < -0.39 is 0 Å². The number of benzene rings is 1. The van der Waals surface area contributed by atoms with Gasteiger partial charge in [-0.25, -0.2) is 0 Å². The third-order valence-corrected chi connectivity index (χ3v) is 2.36. The summed E-state index contributed by atoms with van der Waals surface area (Å²) in [5, 5.41) is 0. The number of alkyl halides is 1. The molecule has 0 saturated carbocycles. The lowest BCUT2D eigenvalue weighted by atomic mass is 10.1. The maximum Gasteiger partial charge on any atom is 0.177 e. The molecule has 0 amide bonds. The van der Waals surface area contributed by atoms with Gasteiger partial charge in [0, 0.05) is 10.0 Å². The molecule has 0 unspecified atom stereocenters. The van der Waals surface area contributed by atoms with Crippen molar-refractivity contribution in [2.45, 2.75) is 6.92 Å². The highest BCUT2D eigenvalue weighted by molar-refractivity contribution is 9.10. The first kappa shape index (κ1) is 9.75. The molecule has 0 radical (unpaired) electrons. The Kier molecular flexibility index (Phi) is 3.29. The van der Waals surface area contributed by atoms with Gasteiger partial charge in [-0.2, -0.15) is 0 Å². The van der Waals surface area contributed by atoms with Crippen LogP contribution in [0.1, 0.15) is 15.9 Å². The molecule has 1 rings (SSSR count). The zero-order valence-electron chi connectivity index (χ0n) is 6.60. The van der Waals surface area contributed by atoms with Crippen LogP contribution in [0.4, 0.5) is 0 Å². The van der Waals surface area contributed by atoms with E-state index in [9.17, 15) is 4.79 Å². The summed E-state index contributed by atoms with van der Waals surface area (Å²) in [7, 11) is 0. The number of ketones is 1. The molecule has 1 aromatic rings. The Bertz CT molecular complexity index is 309. The number of Topliss-reactive ketones (excluding diaryl/α,β-unsaturated/α-hetero) is 1. The predicted molar refractivity (Wildman–Crippen MR) is 53.9 cm³/mol. The second-order valence-electron chi connectivity index (χ2n) is 2.52. The molecule has 0 fully saturated rings. The van der Waals surface area contributed by atoms with Crippen molar-refractivity contribution in [1.29, 1.82) is 0 Å². The minimum Gasteiger partial charge on any atom is -0.293 e. The van der Waals surface area contributed by atoms with Crippen molar-refractivity contribution in [1.82, 2.24) is 0 Å². The Balaban J connectivity index is 3.13. The highest BCUT2D eigenvalue weighted by Crippen LogP contribution is 2.16. The summed E-state index contributed by atoms with van der Waals surface area (Å²) in [4.78, 5) is 11.2. The molecule has 0 saturated heterocycles. The number of halogens is 2. The van der Waals surface area contributed by atoms with Crippen molar-refractivity contribution < 1.29 is 4.79 Å². The summed E-state index contributed by atoms with van der Waals surface area (Å²) < 4.78 is 0.904. The first-order chi connectivity index (χ1) is 5.65. The van der Waals surface area contributed by atoms with Crippen LogP contribution in [-0.2, 0) is 0 Å². The SMILES string of the molecule is Cc1ccc(Br)cc1C(=O)CCl. The van der Waals surface area contributed by atoms with E-state index in [4.69, 9.17) is 11.6 Å². The normalized spacial score (nSPS) is 9.92. The molecule has 64 valence electrons. The molecule has 1 aromatic carbocycles. The van der Waals surface area contributed by atoms with Crippen molar-refractivity contribution >= 4 is 33.3 Å². The topological polar surface area (TPSA) is 17.1 Å². The number of carbonyl (C=O) groups excluding carboxylic acids is 1. The van der Waals surface area contributed by atoms with E-state index in [2.05, 4.69) is 15.9 Å². The minimum absolute atomic E-state index is 0.0320. The van der Waals surface area contributed by atoms with E-state index in [0.29, 0.717) is 5.56 Å². The van der Waals surface area contributed by atoms with Gasteiger partial charge in [-0.15, -0.1) is 11.6 Å². The molecule has 0 N–H and O–H groups in total. The van der Waals surface area contributed by atoms with Crippen LogP contribution in [0.3, 0.4) is 0 Å². The summed E-state index contributed by atoms with van der Waals surface area (Å²) in [6.07, 6.45) is 0. The largest absolute Gasteiger partial charge is 0.293 e. The summed E-state index contributed by atoms with van der Waals surface area (Å²) >= 11 is 8.74. The van der Waals surface area contributed by atoms with Crippen LogP contribution in [0.25, 0.3) is 0 Å². The van der Waals surface area contributed by atoms with E-state index in [1.54, 1.807) is 6.07 Å². The molecular weight excluding hydrogens is 239 g/mol. The van der Waals surface area contributed by atoms with Gasteiger partial charge in [-0.1, -0.05) is 22.0 Å². The Labute approximate surface area is 84.9 Å². The first-order valence-corrected chi connectivity index (χ1v) is 4.83. The Morgan fingerprint density at radius 2 is 2.25 bits per heavy atom. The molecule has 0 aliphatic heterocycles. The molecule has 0 atom stereocenters. The average Bonchev–Trinajstić information content (AvgIpc) is 2.08. The quantitative estimate of drug-likeness (QED) is 0.579. The summed E-state index contributed by atoms with van der Waals surface area (Å²) in [6, 6.07) is 5.59. The fraction of sp³-hybridized carbons (Fsp3) is 0.222. The van der Waals surface area contributed by atoms with Gasteiger partial charge in [-0.3, -0.25) is 4.79 Å². The maximum atomic E-state index is 11.2. The highest BCUT2D eigenvalue weighted by atomic mass is 79.9. The van der Waals surface area contributed by atoms with Gasteiger partial charge in [0.2, 0.25) is 0 Å². The fourth-order valence-electron chi connectivity index (χ4n) is 0.967. The van der Waals surface area contributed by atoms with E-state index in [-0.39, 0.29) is 11.7 Å². The van der Waals surface area contributed by atoms with Gasteiger partial charge in [0.05, 0.1) is 5.88 Å². The van der Waals surface area contributed by atoms with Crippen LogP contribution >= 0.6 is 27.5 Å². The van der Waals surface area contributed by atoms with E-state index in [1.165, 1.54) is 0 Å². The van der Waals surface area contributed by atoms with Gasteiger partial charge in [0.25, 0.3) is 0 Å². The van der Waals surface area contributed by atoms with Gasteiger partial charge in [0.1, 0.15) is 0 Å². The molecule has 1 nitrogen and oxygen atoms in total. The van der Waals surface area contributed by atoms with E-state index in [1.807, 2.05) is 19.1 Å². The summed E-state index contributed by atoms with van der Waals surface area (Å²) in [5.74, 6) is 0.00701. The predicted octanol–water partition coefficient (Wildman–Crippen LogP) is 3.18. The van der Waals surface area contributed by atoms with Crippen LogP contribution < -0.4 is 0 Å². The zero-order valence-corrected chi connectivity index (χ0v) is 8.95. The molecule has 0 aliphatic carbocycles. The summed E-state index contributed by atoms with van der Waals surface area (Å²) in [6.45, 7) is 1.90. The highest BCUT2D eigenvalue weighted by Gasteiger charge is 2.07. The second kappa shape index (κ2) is 4.06. The number of hydrogen-bond donors (Lipinski definition) is 0. The van der Waals surface area contributed by atoms with Crippen LogP contribution in [0, 0.1) is 6.92 Å². The first-order valence-electron chi connectivity index (χ1n) is 3.50. The van der Waals surface area contributed by atoms with Gasteiger partial charge in [0.15, 0.2) is 5.78 Å². The van der Waals surface area contributed by atoms with Gasteiger partial charge >= 0.3 is 0 Å². The lowest BCUT2D eigenvalue weighted by molar-refractivity contribution is 0.102. The number of rotatable bonds is 2. The number of carbonyl (C=O) groups is 1. The van der Waals surface area contributed by atoms with Crippen LogP contribution in [-0.4, -0.2) is 11.7 Å². The lowest BCUT2D eigenvalue weighted by Gasteiger charge is -2.02. The van der Waals surface area contributed by atoms with Crippen molar-refractivity contribution in [3.8, 4) is 0 Å². The molecule has 0 aliphatic rings. The Morgan fingerprint density at radius 3 is 2.83 bits per heavy atom. The van der Waals surface area contributed by atoms with Crippen LogP contribution in [0.15, 0.2) is 22.7 Å². The molecular formula is C9H8BrClO. The molecule has 0 bridgehead atoms. The maximum absolute atomic E-state index is 11.2. The lowest BCUT2D eigenvalue weighted by Crippen LogP contribution is -2.02. The minimum atomic E-state index is -0.0320. The van der Waals surface area contributed by atoms with Crippen LogP contribution in [0.2, 0.25) is 0 Å². The van der Waals surface area contributed by atoms with Crippen LogP contribution in [0.5, 0.6) is 0 Å². The number of aryl methyl sites for hydroxylation is 1.